The zero-order valence-corrected chi connectivity index (χ0v) is 17.5. The lowest BCUT2D eigenvalue weighted by molar-refractivity contribution is -0.137. The van der Waals surface area contributed by atoms with Crippen LogP contribution in [0.4, 0.5) is 24.5 Å². The second-order valence-corrected chi connectivity index (χ2v) is 7.95. The minimum atomic E-state index is -4.46. The van der Waals surface area contributed by atoms with Gasteiger partial charge in [0.2, 0.25) is 0 Å². The van der Waals surface area contributed by atoms with E-state index >= 15 is 0 Å². The summed E-state index contributed by atoms with van der Waals surface area (Å²) in [7, 11) is 0. The van der Waals surface area contributed by atoms with Gasteiger partial charge in [-0.1, -0.05) is 24.6 Å². The van der Waals surface area contributed by atoms with Gasteiger partial charge < -0.3 is 10.1 Å². The highest BCUT2D eigenvalue weighted by atomic mass is 19.4. The Morgan fingerprint density at radius 1 is 1.03 bits per heavy atom. The molecule has 1 aromatic heterocycles. The number of nitrogens with zero attached hydrogens (tertiary/aromatic N) is 2. The maximum absolute atomic E-state index is 13.5. The number of anilines is 2. The summed E-state index contributed by atoms with van der Waals surface area (Å²) in [4.78, 5) is 6.78. The molecule has 0 spiro atoms. The molecule has 1 N–H and O–H groups in total. The number of aromatic nitrogens is 1. The summed E-state index contributed by atoms with van der Waals surface area (Å²) in [5.74, 6) is 0.212. The quantitative estimate of drug-likeness (QED) is 0.508. The van der Waals surface area contributed by atoms with Crippen LogP contribution in [0.15, 0.2) is 48.5 Å². The predicted octanol–water partition coefficient (Wildman–Crippen LogP) is 6.17. The molecule has 0 atom stereocenters. The van der Waals surface area contributed by atoms with Crippen LogP contribution < -0.4 is 10.1 Å². The number of piperidine rings is 1. The third kappa shape index (κ3) is 5.47. The third-order valence-corrected chi connectivity index (χ3v) is 5.48. The zero-order chi connectivity index (χ0) is 21.8. The second-order valence-electron chi connectivity index (χ2n) is 7.95. The van der Waals surface area contributed by atoms with Crippen LogP contribution in [-0.2, 0) is 6.18 Å². The van der Waals surface area contributed by atoms with Gasteiger partial charge in [-0.25, -0.2) is 0 Å². The van der Waals surface area contributed by atoms with Crippen LogP contribution in [0.1, 0.15) is 30.5 Å². The van der Waals surface area contributed by atoms with Crippen LogP contribution in [-0.4, -0.2) is 36.1 Å². The van der Waals surface area contributed by atoms with Crippen LogP contribution >= 0.6 is 0 Å². The van der Waals surface area contributed by atoms with E-state index in [2.05, 4.69) is 15.2 Å². The van der Waals surface area contributed by atoms with E-state index in [9.17, 15) is 13.2 Å². The van der Waals surface area contributed by atoms with Crippen molar-refractivity contribution >= 4 is 22.3 Å². The van der Waals surface area contributed by atoms with E-state index in [4.69, 9.17) is 4.74 Å². The number of fused-ring (bicyclic) bond motifs is 1. The number of rotatable bonds is 6. The summed E-state index contributed by atoms with van der Waals surface area (Å²) in [5, 5.41) is 4.00. The van der Waals surface area contributed by atoms with Gasteiger partial charge in [0.05, 0.1) is 11.1 Å². The number of hydrogen-bond acceptors (Lipinski definition) is 4. The first kappa shape index (κ1) is 21.4. The average molecular weight is 429 g/mol. The number of hydrogen-bond donors (Lipinski definition) is 1. The summed E-state index contributed by atoms with van der Waals surface area (Å²) in [6, 6.07) is 13.2. The van der Waals surface area contributed by atoms with Gasteiger partial charge in [-0.05, 0) is 57.1 Å². The van der Waals surface area contributed by atoms with E-state index in [1.54, 1.807) is 6.07 Å². The van der Waals surface area contributed by atoms with Crippen LogP contribution in [0.3, 0.4) is 0 Å². The lowest BCUT2D eigenvalue weighted by Gasteiger charge is -2.26. The number of ether oxygens (including phenoxy) is 1. The van der Waals surface area contributed by atoms with Gasteiger partial charge in [-0.2, -0.15) is 13.2 Å². The van der Waals surface area contributed by atoms with Crippen molar-refractivity contribution in [3.05, 3.63) is 59.8 Å². The SMILES string of the molecule is Cc1cc(Nc2cc(OCCN3CCCCC3)cc(C(F)(F)F)c2)c2ccccc2n1. The normalized spacial score (nSPS) is 15.2. The minimum absolute atomic E-state index is 0.212. The lowest BCUT2D eigenvalue weighted by atomic mass is 10.1. The van der Waals surface area contributed by atoms with Crippen molar-refractivity contribution in [3.8, 4) is 5.75 Å². The van der Waals surface area contributed by atoms with E-state index in [1.807, 2.05) is 37.3 Å². The zero-order valence-electron chi connectivity index (χ0n) is 17.5. The monoisotopic (exact) mass is 429 g/mol. The number of nitrogens with one attached hydrogen (secondary N) is 1. The Morgan fingerprint density at radius 3 is 2.58 bits per heavy atom. The molecule has 0 bridgehead atoms. The molecular weight excluding hydrogens is 403 g/mol. The molecule has 0 amide bonds. The van der Waals surface area contributed by atoms with E-state index in [-0.39, 0.29) is 5.75 Å². The molecule has 3 aromatic rings. The molecule has 1 fully saturated rings. The van der Waals surface area contributed by atoms with Crippen molar-refractivity contribution in [2.24, 2.45) is 0 Å². The second kappa shape index (κ2) is 9.14. The molecular formula is C24H26F3N3O. The molecule has 31 heavy (non-hydrogen) atoms. The summed E-state index contributed by atoms with van der Waals surface area (Å²) >= 11 is 0. The Kier molecular flexibility index (Phi) is 6.32. The van der Waals surface area contributed by atoms with Crippen molar-refractivity contribution in [1.82, 2.24) is 9.88 Å². The van der Waals surface area contributed by atoms with Gasteiger partial charge in [0.25, 0.3) is 0 Å². The van der Waals surface area contributed by atoms with Crippen LogP contribution in [0.5, 0.6) is 5.75 Å². The first-order valence-electron chi connectivity index (χ1n) is 10.6. The maximum Gasteiger partial charge on any atom is 0.416 e. The molecule has 0 saturated carbocycles. The van der Waals surface area contributed by atoms with Gasteiger partial charge >= 0.3 is 6.18 Å². The van der Waals surface area contributed by atoms with Gasteiger partial charge in [0.15, 0.2) is 0 Å². The van der Waals surface area contributed by atoms with E-state index in [0.29, 0.717) is 24.5 Å². The summed E-state index contributed by atoms with van der Waals surface area (Å²) in [6.07, 6.45) is -0.893. The molecule has 4 nitrogen and oxygen atoms in total. The number of pyridine rings is 1. The fourth-order valence-corrected chi connectivity index (χ4v) is 3.96. The Balaban J connectivity index is 1.57. The average Bonchev–Trinajstić information content (AvgIpc) is 2.74. The molecule has 164 valence electrons. The summed E-state index contributed by atoms with van der Waals surface area (Å²) < 4.78 is 46.3. The first-order valence-corrected chi connectivity index (χ1v) is 10.6. The largest absolute Gasteiger partial charge is 0.492 e. The van der Waals surface area contributed by atoms with E-state index in [0.717, 1.165) is 54.7 Å². The fraction of sp³-hybridized carbons (Fsp3) is 0.375. The molecule has 1 saturated heterocycles. The smallest absolute Gasteiger partial charge is 0.416 e. The van der Waals surface area contributed by atoms with Gasteiger partial charge in [-0.3, -0.25) is 9.88 Å². The molecule has 0 radical (unpaired) electrons. The highest BCUT2D eigenvalue weighted by Crippen LogP contribution is 2.36. The molecule has 7 heteroatoms. The minimum Gasteiger partial charge on any atom is -0.492 e. The third-order valence-electron chi connectivity index (χ3n) is 5.48. The van der Waals surface area contributed by atoms with E-state index in [1.165, 1.54) is 6.42 Å². The first-order chi connectivity index (χ1) is 14.9. The lowest BCUT2D eigenvalue weighted by Crippen LogP contribution is -2.33. The number of halogens is 3. The predicted molar refractivity (Wildman–Crippen MR) is 117 cm³/mol. The van der Waals surface area contributed by atoms with Crippen molar-refractivity contribution < 1.29 is 17.9 Å². The number of aryl methyl sites for hydroxylation is 1. The number of benzene rings is 2. The highest BCUT2D eigenvalue weighted by molar-refractivity contribution is 5.93. The molecule has 1 aliphatic rings. The maximum atomic E-state index is 13.5. The highest BCUT2D eigenvalue weighted by Gasteiger charge is 2.31. The van der Waals surface area contributed by atoms with Gasteiger partial charge in [0.1, 0.15) is 12.4 Å². The molecule has 2 aromatic carbocycles. The Hall–Kier alpha value is -2.80. The topological polar surface area (TPSA) is 37.4 Å². The molecule has 0 unspecified atom stereocenters. The van der Waals surface area contributed by atoms with Crippen LogP contribution in [0.25, 0.3) is 10.9 Å². The van der Waals surface area contributed by atoms with Crippen molar-refractivity contribution in [3.63, 3.8) is 0 Å². The van der Waals surface area contributed by atoms with Crippen molar-refractivity contribution in [1.29, 1.82) is 0 Å². The van der Waals surface area contributed by atoms with E-state index < -0.39 is 11.7 Å². The van der Waals surface area contributed by atoms with Crippen molar-refractivity contribution in [2.45, 2.75) is 32.4 Å². The fourth-order valence-electron chi connectivity index (χ4n) is 3.96. The number of alkyl halides is 3. The molecule has 4 rings (SSSR count). The standard InChI is InChI=1S/C24H26F3N3O/c1-17-13-23(21-7-3-4-8-22(21)28-17)29-19-14-18(24(25,26)27)15-20(16-19)31-12-11-30-9-5-2-6-10-30/h3-4,7-8,13-16H,2,5-6,9-12H2,1H3,(H,28,29). The van der Waals surface area contributed by atoms with Crippen molar-refractivity contribution in [2.75, 3.05) is 31.6 Å². The van der Waals surface area contributed by atoms with Crippen LogP contribution in [0.2, 0.25) is 0 Å². The van der Waals surface area contributed by atoms with Crippen LogP contribution in [0, 0.1) is 6.92 Å². The Labute approximate surface area is 180 Å². The Morgan fingerprint density at radius 2 is 1.81 bits per heavy atom. The number of para-hydroxylation sites is 1. The van der Waals surface area contributed by atoms with Gasteiger partial charge in [0, 0.05) is 35.1 Å². The number of likely N-dealkylation sites (tertiary alicyclic amines) is 1. The summed E-state index contributed by atoms with van der Waals surface area (Å²) in [5.41, 5.74) is 1.88. The molecule has 2 heterocycles. The van der Waals surface area contributed by atoms with Gasteiger partial charge in [-0.15, -0.1) is 0 Å². The Bertz CT molecular complexity index is 1050. The summed E-state index contributed by atoms with van der Waals surface area (Å²) in [6.45, 7) is 4.98. The molecule has 1 aliphatic heterocycles. The molecule has 0 aliphatic carbocycles.